The van der Waals surface area contributed by atoms with E-state index >= 15 is 0 Å². The number of nitrogens with one attached hydrogen (secondary N) is 2. The molecule has 0 radical (unpaired) electrons. The third-order valence-electron chi connectivity index (χ3n) is 4.50. The van der Waals surface area contributed by atoms with Crippen molar-refractivity contribution in [2.24, 2.45) is 5.41 Å². The van der Waals surface area contributed by atoms with E-state index in [4.69, 9.17) is 0 Å². The maximum Gasteiger partial charge on any atom is 0.419 e. The molecule has 1 atom stereocenters. The first kappa shape index (κ1) is 20.8. The van der Waals surface area contributed by atoms with E-state index in [1.54, 1.807) is 20.8 Å². The molecule has 29 heavy (non-hydrogen) atoms. The molecule has 0 bridgehead atoms. The Morgan fingerprint density at radius 2 is 1.83 bits per heavy atom. The maximum absolute atomic E-state index is 14.2. The van der Waals surface area contributed by atoms with Crippen LogP contribution in [0.3, 0.4) is 0 Å². The van der Waals surface area contributed by atoms with Crippen LogP contribution in [0.5, 0.6) is 0 Å². The number of aromatic nitrogens is 4. The molecule has 156 valence electrons. The van der Waals surface area contributed by atoms with E-state index in [9.17, 15) is 32.3 Å². The predicted octanol–water partition coefficient (Wildman–Crippen LogP) is 2.70. The summed E-state index contributed by atoms with van der Waals surface area (Å²) in [4.78, 5) is 28.4. The Morgan fingerprint density at radius 1 is 1.17 bits per heavy atom. The smallest absolute Gasteiger partial charge is 0.390 e. The molecular weight excluding hydrogens is 396 g/mol. The van der Waals surface area contributed by atoms with Gasteiger partial charge in [0.2, 0.25) is 0 Å². The van der Waals surface area contributed by atoms with Crippen LogP contribution < -0.4 is 11.2 Å². The lowest BCUT2D eigenvalue weighted by Crippen LogP contribution is -2.29. The molecule has 1 unspecified atom stereocenters. The van der Waals surface area contributed by atoms with E-state index in [-0.39, 0.29) is 22.3 Å². The monoisotopic (exact) mass is 414 g/mol. The SMILES string of the molecule is CC(C)(C)C(c1ccc(C(F)(F)F)c(F)c1)n1nc(CO)c2c(=O)[nH]c(=O)[nH]c21. The normalized spacial score (nSPS) is 13.8. The minimum absolute atomic E-state index is 0.0250. The highest BCUT2D eigenvalue weighted by Gasteiger charge is 2.36. The van der Waals surface area contributed by atoms with Crippen LogP contribution >= 0.6 is 0 Å². The Morgan fingerprint density at radius 3 is 2.34 bits per heavy atom. The highest BCUT2D eigenvalue weighted by molar-refractivity contribution is 5.77. The number of hydrogen-bond acceptors (Lipinski definition) is 4. The highest BCUT2D eigenvalue weighted by atomic mass is 19.4. The molecular formula is C18H18F4N4O3. The van der Waals surface area contributed by atoms with E-state index in [0.717, 1.165) is 12.1 Å². The number of aliphatic hydroxyl groups is 1. The van der Waals surface area contributed by atoms with Gasteiger partial charge in [-0.15, -0.1) is 0 Å². The Kier molecular flexibility index (Phi) is 4.89. The van der Waals surface area contributed by atoms with Crippen molar-refractivity contribution in [1.29, 1.82) is 0 Å². The van der Waals surface area contributed by atoms with Crippen LogP contribution in [-0.2, 0) is 12.8 Å². The Balaban J connectivity index is 2.32. The minimum atomic E-state index is -4.85. The van der Waals surface area contributed by atoms with Gasteiger partial charge in [-0.1, -0.05) is 26.8 Å². The van der Waals surface area contributed by atoms with Crippen molar-refractivity contribution in [1.82, 2.24) is 19.7 Å². The van der Waals surface area contributed by atoms with Gasteiger partial charge in [0.1, 0.15) is 22.5 Å². The van der Waals surface area contributed by atoms with Crippen molar-refractivity contribution in [2.45, 2.75) is 39.6 Å². The Bertz CT molecular complexity index is 1180. The summed E-state index contributed by atoms with van der Waals surface area (Å²) in [6.45, 7) is 4.61. The predicted molar refractivity (Wildman–Crippen MR) is 95.9 cm³/mol. The third-order valence-corrected chi connectivity index (χ3v) is 4.50. The summed E-state index contributed by atoms with van der Waals surface area (Å²) in [6.07, 6.45) is -4.85. The number of aliphatic hydroxyl groups excluding tert-OH is 1. The standard InChI is InChI=1S/C18H18F4N4O3/c1-17(2,3)13(8-4-5-9(10(19)6-8)18(20,21)22)26-14-12(11(7-27)25-26)15(28)24-16(29)23-14/h4-6,13,27H,7H2,1-3H3,(H2,23,24,28,29). The van der Waals surface area contributed by atoms with Gasteiger partial charge >= 0.3 is 11.9 Å². The molecule has 2 heterocycles. The largest absolute Gasteiger partial charge is 0.419 e. The molecule has 3 aromatic rings. The molecule has 3 rings (SSSR count). The van der Waals surface area contributed by atoms with Crippen LogP contribution in [-0.4, -0.2) is 24.9 Å². The number of nitrogens with zero attached hydrogens (tertiary/aromatic N) is 2. The molecule has 0 aliphatic carbocycles. The number of aromatic amines is 2. The zero-order chi connectivity index (χ0) is 21.7. The summed E-state index contributed by atoms with van der Waals surface area (Å²) in [5, 5.41) is 13.7. The van der Waals surface area contributed by atoms with Crippen LogP contribution in [0.15, 0.2) is 27.8 Å². The van der Waals surface area contributed by atoms with Crippen LogP contribution in [0, 0.1) is 11.2 Å². The number of benzene rings is 1. The molecule has 3 N–H and O–H groups in total. The quantitative estimate of drug-likeness (QED) is 0.574. The fourth-order valence-electron chi connectivity index (χ4n) is 3.38. The molecule has 0 saturated carbocycles. The van der Waals surface area contributed by atoms with E-state index < -0.39 is 46.9 Å². The zero-order valence-electron chi connectivity index (χ0n) is 15.7. The fourth-order valence-corrected chi connectivity index (χ4v) is 3.38. The van der Waals surface area contributed by atoms with Crippen molar-refractivity contribution in [2.75, 3.05) is 0 Å². The Hall–Kier alpha value is -2.95. The van der Waals surface area contributed by atoms with Gasteiger partial charge < -0.3 is 5.11 Å². The molecule has 0 spiro atoms. The third kappa shape index (κ3) is 3.69. The Labute approximate surface area is 161 Å². The van der Waals surface area contributed by atoms with Crippen molar-refractivity contribution < 1.29 is 22.7 Å². The number of rotatable bonds is 3. The van der Waals surface area contributed by atoms with Crippen LogP contribution in [0.2, 0.25) is 0 Å². The van der Waals surface area contributed by atoms with Gasteiger partial charge in [-0.2, -0.15) is 18.3 Å². The lowest BCUT2D eigenvalue weighted by Gasteiger charge is -2.32. The average molecular weight is 414 g/mol. The van der Waals surface area contributed by atoms with Crippen molar-refractivity contribution >= 4 is 11.0 Å². The van der Waals surface area contributed by atoms with Gasteiger partial charge in [0.15, 0.2) is 0 Å². The van der Waals surface area contributed by atoms with Crippen molar-refractivity contribution in [3.8, 4) is 0 Å². The molecule has 0 aliphatic rings. The fraction of sp³-hybridized carbons (Fsp3) is 0.389. The van der Waals surface area contributed by atoms with Gasteiger partial charge in [0.25, 0.3) is 5.56 Å². The minimum Gasteiger partial charge on any atom is -0.390 e. The van der Waals surface area contributed by atoms with Gasteiger partial charge in [-0.3, -0.25) is 14.8 Å². The molecule has 0 aliphatic heterocycles. The first-order valence-corrected chi connectivity index (χ1v) is 8.55. The summed E-state index contributed by atoms with van der Waals surface area (Å²) >= 11 is 0. The second-order valence-electron chi connectivity index (χ2n) is 7.69. The van der Waals surface area contributed by atoms with Gasteiger partial charge in [0.05, 0.1) is 18.2 Å². The van der Waals surface area contributed by atoms with E-state index in [1.807, 2.05) is 4.98 Å². The van der Waals surface area contributed by atoms with Gasteiger partial charge in [0, 0.05) is 0 Å². The van der Waals surface area contributed by atoms with Gasteiger partial charge in [-0.25, -0.2) is 13.9 Å². The van der Waals surface area contributed by atoms with Crippen LogP contribution in [0.4, 0.5) is 17.6 Å². The second-order valence-corrected chi connectivity index (χ2v) is 7.69. The van der Waals surface area contributed by atoms with E-state index in [2.05, 4.69) is 10.1 Å². The highest BCUT2D eigenvalue weighted by Crippen LogP contribution is 2.40. The van der Waals surface area contributed by atoms with Crippen molar-refractivity contribution in [3.63, 3.8) is 0 Å². The van der Waals surface area contributed by atoms with Gasteiger partial charge in [-0.05, 0) is 23.1 Å². The van der Waals surface area contributed by atoms with E-state index in [0.29, 0.717) is 6.07 Å². The first-order valence-electron chi connectivity index (χ1n) is 8.55. The molecule has 2 aromatic heterocycles. The summed E-state index contributed by atoms with van der Waals surface area (Å²) < 4.78 is 54.2. The summed E-state index contributed by atoms with van der Waals surface area (Å²) in [5.41, 5.74) is -3.62. The zero-order valence-corrected chi connectivity index (χ0v) is 15.7. The van der Waals surface area contributed by atoms with Crippen LogP contribution in [0.1, 0.15) is 43.6 Å². The molecule has 11 heteroatoms. The number of H-pyrrole nitrogens is 2. The first-order chi connectivity index (χ1) is 13.3. The summed E-state index contributed by atoms with van der Waals surface area (Å²) in [7, 11) is 0. The number of alkyl halides is 3. The topological polar surface area (TPSA) is 104 Å². The molecule has 7 nitrogen and oxygen atoms in total. The summed E-state index contributed by atoms with van der Waals surface area (Å²) in [6, 6.07) is 1.66. The number of fused-ring (bicyclic) bond motifs is 1. The molecule has 0 amide bonds. The van der Waals surface area contributed by atoms with E-state index in [1.165, 1.54) is 4.68 Å². The van der Waals surface area contributed by atoms with Crippen molar-refractivity contribution in [3.05, 3.63) is 61.7 Å². The number of hydrogen-bond donors (Lipinski definition) is 3. The summed E-state index contributed by atoms with van der Waals surface area (Å²) in [5.74, 6) is -1.45. The molecule has 0 saturated heterocycles. The maximum atomic E-state index is 14.2. The second kappa shape index (κ2) is 6.83. The van der Waals surface area contributed by atoms with Crippen LogP contribution in [0.25, 0.3) is 11.0 Å². The molecule has 1 aromatic carbocycles. The number of halogens is 4. The lowest BCUT2D eigenvalue weighted by molar-refractivity contribution is -0.140. The lowest BCUT2D eigenvalue weighted by atomic mass is 9.82. The molecule has 0 fully saturated rings. The average Bonchev–Trinajstić information content (AvgIpc) is 2.91.